The minimum absolute atomic E-state index is 0.258. The van der Waals surface area contributed by atoms with Crippen LogP contribution in [0.3, 0.4) is 0 Å². The number of anilines is 1. The van der Waals surface area contributed by atoms with Gasteiger partial charge in [0, 0.05) is 19.6 Å². The maximum atomic E-state index is 6.10. The van der Waals surface area contributed by atoms with Crippen LogP contribution in [-0.2, 0) is 11.3 Å². The molecule has 1 atom stereocenters. The average Bonchev–Trinajstić information content (AvgIpc) is 2.32. The van der Waals surface area contributed by atoms with Gasteiger partial charge in [-0.05, 0) is 26.1 Å². The third-order valence-electron chi connectivity index (χ3n) is 2.81. The molecule has 4 nitrogen and oxygen atoms in total. The fourth-order valence-corrected chi connectivity index (χ4v) is 2.14. The molecule has 17 heavy (non-hydrogen) atoms. The molecule has 0 radical (unpaired) electrons. The van der Waals surface area contributed by atoms with Crippen molar-refractivity contribution in [2.45, 2.75) is 19.6 Å². The van der Waals surface area contributed by atoms with E-state index in [1.54, 1.807) is 0 Å². The normalized spacial score (nSPS) is 20.6. The van der Waals surface area contributed by atoms with Crippen molar-refractivity contribution in [2.24, 2.45) is 0 Å². The first kappa shape index (κ1) is 12.6. The van der Waals surface area contributed by atoms with Gasteiger partial charge >= 0.3 is 0 Å². The maximum Gasteiger partial charge on any atom is 0.129 e. The molecule has 1 aliphatic heterocycles. The number of nitrogens with one attached hydrogen (secondary N) is 1. The Kier molecular flexibility index (Phi) is 4.20. The zero-order chi connectivity index (χ0) is 12.3. The smallest absolute Gasteiger partial charge is 0.129 e. The summed E-state index contributed by atoms with van der Waals surface area (Å²) >= 11 is 6.10. The first-order valence-electron chi connectivity index (χ1n) is 5.87. The van der Waals surface area contributed by atoms with Crippen LogP contribution in [0.2, 0.25) is 5.02 Å². The molecule has 0 saturated carbocycles. The molecular formula is C12H18ClN3O. The van der Waals surface area contributed by atoms with Gasteiger partial charge in [0.25, 0.3) is 0 Å². The van der Waals surface area contributed by atoms with Crippen LogP contribution in [0, 0.1) is 0 Å². The molecule has 0 aliphatic carbocycles. The SMILES string of the molecule is CNCc1nc(N2CCOC(C)C2)ccc1Cl. The first-order chi connectivity index (χ1) is 8.20. The minimum Gasteiger partial charge on any atom is -0.375 e. The predicted octanol–water partition coefficient (Wildman–Crippen LogP) is 1.68. The lowest BCUT2D eigenvalue weighted by atomic mass is 10.2. The Morgan fingerprint density at radius 1 is 1.59 bits per heavy atom. The third kappa shape index (κ3) is 3.09. The Balaban J connectivity index is 2.17. The second kappa shape index (κ2) is 5.67. The molecule has 1 unspecified atom stereocenters. The molecule has 2 rings (SSSR count). The summed E-state index contributed by atoms with van der Waals surface area (Å²) in [4.78, 5) is 6.84. The number of ether oxygens (including phenoxy) is 1. The fourth-order valence-electron chi connectivity index (χ4n) is 1.97. The summed E-state index contributed by atoms with van der Waals surface area (Å²) in [6, 6.07) is 3.89. The van der Waals surface area contributed by atoms with Gasteiger partial charge in [-0.1, -0.05) is 11.6 Å². The van der Waals surface area contributed by atoms with Crippen LogP contribution in [0.15, 0.2) is 12.1 Å². The van der Waals surface area contributed by atoms with Crippen molar-refractivity contribution in [3.63, 3.8) is 0 Å². The lowest BCUT2D eigenvalue weighted by Crippen LogP contribution is -2.41. The van der Waals surface area contributed by atoms with Gasteiger partial charge in [0.15, 0.2) is 0 Å². The van der Waals surface area contributed by atoms with Gasteiger partial charge in [0.2, 0.25) is 0 Å². The summed E-state index contributed by atoms with van der Waals surface area (Å²) in [6.07, 6.45) is 0.258. The highest BCUT2D eigenvalue weighted by atomic mass is 35.5. The lowest BCUT2D eigenvalue weighted by molar-refractivity contribution is 0.0529. The van der Waals surface area contributed by atoms with E-state index in [1.807, 2.05) is 19.2 Å². The van der Waals surface area contributed by atoms with Crippen molar-refractivity contribution >= 4 is 17.4 Å². The summed E-state index contributed by atoms with van der Waals surface area (Å²) in [5.74, 6) is 0.981. The van der Waals surface area contributed by atoms with Crippen molar-refractivity contribution in [3.8, 4) is 0 Å². The molecule has 1 aromatic heterocycles. The molecule has 1 N–H and O–H groups in total. The molecule has 0 spiro atoms. The molecular weight excluding hydrogens is 238 g/mol. The van der Waals surface area contributed by atoms with Crippen LogP contribution in [-0.4, -0.2) is 37.8 Å². The summed E-state index contributed by atoms with van der Waals surface area (Å²) in [6.45, 7) is 5.29. The Hall–Kier alpha value is -0.840. The monoisotopic (exact) mass is 255 g/mol. The van der Waals surface area contributed by atoms with Crippen molar-refractivity contribution in [3.05, 3.63) is 22.8 Å². The highest BCUT2D eigenvalue weighted by Gasteiger charge is 2.18. The van der Waals surface area contributed by atoms with E-state index in [1.165, 1.54) is 0 Å². The molecule has 5 heteroatoms. The average molecular weight is 256 g/mol. The van der Waals surface area contributed by atoms with Gasteiger partial charge in [0.05, 0.1) is 23.4 Å². The molecule has 0 aromatic carbocycles. The second-order valence-corrected chi connectivity index (χ2v) is 4.66. The predicted molar refractivity (Wildman–Crippen MR) is 69.6 cm³/mol. The van der Waals surface area contributed by atoms with Crippen molar-refractivity contribution in [2.75, 3.05) is 31.6 Å². The number of hydrogen-bond acceptors (Lipinski definition) is 4. The van der Waals surface area contributed by atoms with Crippen molar-refractivity contribution < 1.29 is 4.74 Å². The zero-order valence-corrected chi connectivity index (χ0v) is 11.0. The van der Waals surface area contributed by atoms with E-state index in [0.29, 0.717) is 11.6 Å². The zero-order valence-electron chi connectivity index (χ0n) is 10.2. The largest absolute Gasteiger partial charge is 0.375 e. The number of nitrogens with zero attached hydrogens (tertiary/aromatic N) is 2. The van der Waals surface area contributed by atoms with E-state index in [9.17, 15) is 0 Å². The summed E-state index contributed by atoms with van der Waals surface area (Å²) in [5, 5.41) is 3.79. The Morgan fingerprint density at radius 3 is 3.12 bits per heavy atom. The van der Waals surface area contributed by atoms with Gasteiger partial charge in [-0.3, -0.25) is 0 Å². The van der Waals surface area contributed by atoms with Crippen LogP contribution in [0.1, 0.15) is 12.6 Å². The van der Waals surface area contributed by atoms with Gasteiger partial charge in [0.1, 0.15) is 5.82 Å². The Labute approximate surface area is 107 Å². The molecule has 2 heterocycles. The number of rotatable bonds is 3. The second-order valence-electron chi connectivity index (χ2n) is 4.26. The Morgan fingerprint density at radius 2 is 2.41 bits per heavy atom. The quantitative estimate of drug-likeness (QED) is 0.892. The van der Waals surface area contributed by atoms with Crippen molar-refractivity contribution in [1.29, 1.82) is 0 Å². The van der Waals surface area contributed by atoms with E-state index in [0.717, 1.165) is 31.2 Å². The van der Waals surface area contributed by atoms with Crippen molar-refractivity contribution in [1.82, 2.24) is 10.3 Å². The number of morpholine rings is 1. The molecule has 1 aromatic rings. The number of pyridine rings is 1. The van der Waals surface area contributed by atoms with Crippen LogP contribution in [0.25, 0.3) is 0 Å². The van der Waals surface area contributed by atoms with Gasteiger partial charge in [-0.15, -0.1) is 0 Å². The Bertz CT molecular complexity index is 386. The molecule has 1 fully saturated rings. The van der Waals surface area contributed by atoms with E-state index in [-0.39, 0.29) is 6.10 Å². The van der Waals surface area contributed by atoms with Gasteiger partial charge < -0.3 is 15.0 Å². The van der Waals surface area contributed by atoms with E-state index in [2.05, 4.69) is 22.1 Å². The van der Waals surface area contributed by atoms with E-state index < -0.39 is 0 Å². The minimum atomic E-state index is 0.258. The molecule has 1 aliphatic rings. The third-order valence-corrected chi connectivity index (χ3v) is 3.16. The maximum absolute atomic E-state index is 6.10. The number of halogens is 1. The molecule has 0 amide bonds. The highest BCUT2D eigenvalue weighted by Crippen LogP contribution is 2.21. The van der Waals surface area contributed by atoms with Crippen LogP contribution < -0.4 is 10.2 Å². The molecule has 0 bridgehead atoms. The summed E-state index contributed by atoms with van der Waals surface area (Å²) in [5.41, 5.74) is 0.894. The fraction of sp³-hybridized carbons (Fsp3) is 0.583. The molecule has 94 valence electrons. The number of hydrogen-bond donors (Lipinski definition) is 1. The standard InChI is InChI=1S/C12H18ClN3O/c1-9-8-16(5-6-17-9)12-4-3-10(13)11(15-12)7-14-2/h3-4,9,14H,5-8H2,1-2H3. The van der Waals surface area contributed by atoms with Crippen LogP contribution in [0.5, 0.6) is 0 Å². The number of aromatic nitrogens is 1. The topological polar surface area (TPSA) is 37.4 Å². The van der Waals surface area contributed by atoms with Crippen LogP contribution in [0.4, 0.5) is 5.82 Å². The highest BCUT2D eigenvalue weighted by molar-refractivity contribution is 6.31. The lowest BCUT2D eigenvalue weighted by Gasteiger charge is -2.32. The summed E-state index contributed by atoms with van der Waals surface area (Å²) in [7, 11) is 1.89. The van der Waals surface area contributed by atoms with E-state index in [4.69, 9.17) is 16.3 Å². The van der Waals surface area contributed by atoms with Gasteiger partial charge in [-0.25, -0.2) is 4.98 Å². The van der Waals surface area contributed by atoms with Crippen LogP contribution >= 0.6 is 11.6 Å². The molecule has 1 saturated heterocycles. The summed E-state index contributed by atoms with van der Waals surface area (Å²) < 4.78 is 5.52. The van der Waals surface area contributed by atoms with Gasteiger partial charge in [-0.2, -0.15) is 0 Å². The van der Waals surface area contributed by atoms with E-state index >= 15 is 0 Å². The first-order valence-corrected chi connectivity index (χ1v) is 6.25.